The van der Waals surface area contributed by atoms with Gasteiger partial charge in [-0.3, -0.25) is 19.3 Å². The number of aliphatic carboxylic acids is 1. The predicted octanol–water partition coefficient (Wildman–Crippen LogP) is 4.44. The van der Waals surface area contributed by atoms with Crippen molar-refractivity contribution in [3.05, 3.63) is 34.7 Å². The zero-order valence-electron chi connectivity index (χ0n) is 17.1. The van der Waals surface area contributed by atoms with Gasteiger partial charge >= 0.3 is 5.97 Å². The Balaban J connectivity index is 1.82. The van der Waals surface area contributed by atoms with E-state index in [1.54, 1.807) is 4.90 Å². The number of nitrogens with zero attached hydrogens (tertiary/aromatic N) is 2. The number of carboxylic acids is 1. The summed E-state index contributed by atoms with van der Waals surface area (Å²) < 4.78 is 0.371. The van der Waals surface area contributed by atoms with Crippen molar-refractivity contribution in [3.8, 4) is 0 Å². The molecule has 0 atom stereocenters. The van der Waals surface area contributed by atoms with E-state index in [0.717, 1.165) is 42.3 Å². The van der Waals surface area contributed by atoms with Crippen LogP contribution in [0.2, 0.25) is 0 Å². The smallest absolute Gasteiger partial charge is 0.303 e. The van der Waals surface area contributed by atoms with Crippen LogP contribution < -0.4 is 4.90 Å². The van der Waals surface area contributed by atoms with E-state index in [4.69, 9.17) is 17.3 Å². The summed E-state index contributed by atoms with van der Waals surface area (Å²) in [7, 11) is 0. The van der Waals surface area contributed by atoms with Gasteiger partial charge in [-0.05, 0) is 18.9 Å². The van der Waals surface area contributed by atoms with Crippen molar-refractivity contribution >= 4 is 57.3 Å². The molecule has 2 aliphatic heterocycles. The monoisotopic (exact) mass is 446 g/mol. The number of benzene rings is 1. The molecule has 1 saturated heterocycles. The van der Waals surface area contributed by atoms with Crippen molar-refractivity contribution in [2.24, 2.45) is 0 Å². The SMILES string of the molecule is CCCCCCCN1C(=O)/C(=C2\SC(=S)N(CCCC(=O)O)C2=O)c2ccccc21. The van der Waals surface area contributed by atoms with Crippen LogP contribution in [-0.4, -0.2) is 45.2 Å². The third-order valence-electron chi connectivity index (χ3n) is 5.26. The molecule has 0 radical (unpaired) electrons. The van der Waals surface area contributed by atoms with Gasteiger partial charge < -0.3 is 10.0 Å². The lowest BCUT2D eigenvalue weighted by Crippen LogP contribution is -2.30. The Labute approximate surface area is 186 Å². The number of thiocarbonyl (C=S) groups is 1. The minimum atomic E-state index is -0.909. The number of carbonyl (C=O) groups is 3. The third-order valence-corrected chi connectivity index (χ3v) is 6.71. The fourth-order valence-corrected chi connectivity index (χ4v) is 5.11. The van der Waals surface area contributed by atoms with Crippen LogP contribution in [0.4, 0.5) is 5.69 Å². The number of rotatable bonds is 10. The molecule has 1 fully saturated rings. The molecular formula is C22H26N2O4S2. The third kappa shape index (κ3) is 4.75. The summed E-state index contributed by atoms with van der Waals surface area (Å²) in [5.74, 6) is -1.37. The molecule has 6 nitrogen and oxygen atoms in total. The van der Waals surface area contributed by atoms with Crippen LogP contribution in [-0.2, 0) is 14.4 Å². The van der Waals surface area contributed by atoms with Gasteiger partial charge in [-0.1, -0.05) is 74.8 Å². The Morgan fingerprint density at radius 3 is 2.43 bits per heavy atom. The van der Waals surface area contributed by atoms with E-state index in [9.17, 15) is 14.4 Å². The van der Waals surface area contributed by atoms with Crippen LogP contribution in [0.25, 0.3) is 5.57 Å². The molecule has 2 amide bonds. The zero-order valence-corrected chi connectivity index (χ0v) is 18.7. The topological polar surface area (TPSA) is 77.9 Å². The summed E-state index contributed by atoms with van der Waals surface area (Å²) >= 11 is 6.48. The normalized spacial score (nSPS) is 18.5. The van der Waals surface area contributed by atoms with E-state index in [-0.39, 0.29) is 24.8 Å². The van der Waals surface area contributed by atoms with Crippen LogP contribution in [0.3, 0.4) is 0 Å². The summed E-state index contributed by atoms with van der Waals surface area (Å²) in [5.41, 5.74) is 2.02. The van der Waals surface area contributed by atoms with Gasteiger partial charge in [0, 0.05) is 25.1 Å². The molecule has 0 spiro atoms. The van der Waals surface area contributed by atoms with E-state index >= 15 is 0 Å². The molecule has 1 N–H and O–H groups in total. The second kappa shape index (κ2) is 10.2. The fourth-order valence-electron chi connectivity index (χ4n) is 3.73. The lowest BCUT2D eigenvalue weighted by Gasteiger charge is -2.17. The maximum Gasteiger partial charge on any atom is 0.303 e. The predicted molar refractivity (Wildman–Crippen MR) is 123 cm³/mol. The van der Waals surface area contributed by atoms with E-state index in [2.05, 4.69) is 6.92 Å². The van der Waals surface area contributed by atoms with Crippen molar-refractivity contribution in [3.63, 3.8) is 0 Å². The van der Waals surface area contributed by atoms with E-state index in [1.807, 2.05) is 24.3 Å². The Kier molecular flexibility index (Phi) is 7.66. The van der Waals surface area contributed by atoms with Crippen LogP contribution in [0.1, 0.15) is 57.4 Å². The minimum Gasteiger partial charge on any atom is -0.481 e. The van der Waals surface area contributed by atoms with Gasteiger partial charge in [0.2, 0.25) is 0 Å². The van der Waals surface area contributed by atoms with Crippen LogP contribution in [0.15, 0.2) is 29.2 Å². The van der Waals surface area contributed by atoms with Gasteiger partial charge in [-0.15, -0.1) is 0 Å². The number of anilines is 1. The molecule has 3 rings (SSSR count). The highest BCUT2D eigenvalue weighted by atomic mass is 32.2. The number of para-hydroxylation sites is 1. The Hall–Kier alpha value is -2.19. The maximum absolute atomic E-state index is 13.3. The zero-order chi connectivity index (χ0) is 21.7. The van der Waals surface area contributed by atoms with Gasteiger partial charge in [0.05, 0.1) is 16.2 Å². The molecule has 1 aromatic carbocycles. The van der Waals surface area contributed by atoms with Crippen molar-refractivity contribution in [1.82, 2.24) is 4.90 Å². The molecule has 0 aliphatic carbocycles. The molecule has 2 heterocycles. The number of amides is 2. The van der Waals surface area contributed by atoms with Crippen molar-refractivity contribution in [2.45, 2.75) is 51.9 Å². The molecular weight excluding hydrogens is 420 g/mol. The number of unbranched alkanes of at least 4 members (excludes halogenated alkanes) is 4. The summed E-state index contributed by atoms with van der Waals surface area (Å²) in [4.78, 5) is 40.6. The van der Waals surface area contributed by atoms with Crippen molar-refractivity contribution in [2.75, 3.05) is 18.0 Å². The quantitative estimate of drug-likeness (QED) is 0.325. The minimum absolute atomic E-state index is 0.0312. The van der Waals surface area contributed by atoms with Crippen LogP contribution >= 0.6 is 24.0 Å². The Morgan fingerprint density at radius 2 is 1.70 bits per heavy atom. The number of hydrogen-bond acceptors (Lipinski definition) is 5. The molecule has 0 unspecified atom stereocenters. The molecule has 2 aliphatic rings. The highest BCUT2D eigenvalue weighted by molar-refractivity contribution is 8.26. The molecule has 8 heteroatoms. The lowest BCUT2D eigenvalue weighted by atomic mass is 10.1. The summed E-state index contributed by atoms with van der Waals surface area (Å²) in [5, 5.41) is 8.83. The number of thioether (sulfide) groups is 1. The maximum atomic E-state index is 13.3. The first kappa shape index (κ1) is 22.5. The average molecular weight is 447 g/mol. The fraction of sp³-hybridized carbons (Fsp3) is 0.455. The summed E-state index contributed by atoms with van der Waals surface area (Å²) in [6.07, 6.45) is 5.80. The standard InChI is InChI=1S/C22H26N2O4S2/c1-2-3-4-5-8-13-23-16-11-7-6-10-15(16)18(20(23)27)19-21(28)24(22(29)30-19)14-9-12-17(25)26/h6-7,10-11H,2-5,8-9,12-14H2,1H3,(H,25,26)/b19-18-. The summed E-state index contributed by atoms with van der Waals surface area (Å²) in [6.45, 7) is 3.04. The number of carboxylic acid groups (broad SMARTS) is 1. The molecule has 1 aromatic rings. The first-order valence-corrected chi connectivity index (χ1v) is 11.6. The molecule has 30 heavy (non-hydrogen) atoms. The first-order valence-electron chi connectivity index (χ1n) is 10.4. The van der Waals surface area contributed by atoms with Crippen molar-refractivity contribution < 1.29 is 19.5 Å². The molecule has 160 valence electrons. The second-order valence-electron chi connectivity index (χ2n) is 7.41. The Morgan fingerprint density at radius 1 is 1.00 bits per heavy atom. The Bertz CT molecular complexity index is 897. The molecule has 0 saturated carbocycles. The van der Waals surface area contributed by atoms with Crippen LogP contribution in [0.5, 0.6) is 0 Å². The number of hydrogen-bond donors (Lipinski definition) is 1. The molecule has 0 aromatic heterocycles. The van der Waals surface area contributed by atoms with Crippen LogP contribution in [0, 0.1) is 0 Å². The highest BCUT2D eigenvalue weighted by Crippen LogP contribution is 2.44. The van der Waals surface area contributed by atoms with E-state index < -0.39 is 5.97 Å². The highest BCUT2D eigenvalue weighted by Gasteiger charge is 2.41. The van der Waals surface area contributed by atoms with Gasteiger partial charge in [-0.2, -0.15) is 0 Å². The van der Waals surface area contributed by atoms with Crippen molar-refractivity contribution in [1.29, 1.82) is 0 Å². The van der Waals surface area contributed by atoms with E-state index in [1.165, 1.54) is 17.7 Å². The van der Waals surface area contributed by atoms with E-state index in [0.29, 0.717) is 27.8 Å². The number of carbonyl (C=O) groups excluding carboxylic acids is 2. The first-order chi connectivity index (χ1) is 14.5. The van der Waals surface area contributed by atoms with Gasteiger partial charge in [-0.25, -0.2) is 0 Å². The average Bonchev–Trinajstić information content (AvgIpc) is 3.15. The van der Waals surface area contributed by atoms with Gasteiger partial charge in [0.25, 0.3) is 11.8 Å². The largest absolute Gasteiger partial charge is 0.481 e. The second-order valence-corrected chi connectivity index (χ2v) is 9.06. The number of fused-ring (bicyclic) bond motifs is 1. The lowest BCUT2D eigenvalue weighted by molar-refractivity contribution is -0.137. The van der Waals surface area contributed by atoms with Gasteiger partial charge in [0.1, 0.15) is 4.32 Å². The van der Waals surface area contributed by atoms with Gasteiger partial charge in [0.15, 0.2) is 0 Å². The summed E-state index contributed by atoms with van der Waals surface area (Å²) in [6, 6.07) is 7.55. The molecule has 0 bridgehead atoms.